The summed E-state index contributed by atoms with van der Waals surface area (Å²) in [6.45, 7) is 21.9. The zero-order chi connectivity index (χ0) is 31.8. The molecule has 1 saturated heterocycles. The molecular formula is C37H67NO4. The van der Waals surface area contributed by atoms with E-state index in [0.717, 1.165) is 50.7 Å². The summed E-state index contributed by atoms with van der Waals surface area (Å²) >= 11 is 0. The molecule has 9 atom stereocenters. The monoisotopic (exact) mass is 590 g/mol. The predicted molar refractivity (Wildman–Crippen MR) is 174 cm³/mol. The molecule has 0 spiro atoms. The van der Waals surface area contributed by atoms with Gasteiger partial charge < -0.3 is 14.6 Å². The molecule has 5 nitrogen and oxygen atoms in total. The van der Waals surface area contributed by atoms with Gasteiger partial charge in [-0.25, -0.2) is 0 Å². The maximum absolute atomic E-state index is 11.0. The Balaban J connectivity index is 0.000000291. The van der Waals surface area contributed by atoms with Crippen molar-refractivity contribution >= 4 is 12.3 Å². The van der Waals surface area contributed by atoms with Gasteiger partial charge in [-0.2, -0.15) is 5.26 Å². The minimum Gasteiger partial charge on any atom is -0.481 e. The van der Waals surface area contributed by atoms with Crippen molar-refractivity contribution in [2.75, 3.05) is 13.2 Å². The van der Waals surface area contributed by atoms with Crippen molar-refractivity contribution in [1.82, 2.24) is 0 Å². The number of carboxylic acids is 1. The summed E-state index contributed by atoms with van der Waals surface area (Å²) in [6, 6.07) is 2.47. The fourth-order valence-electron chi connectivity index (χ4n) is 7.78. The molecule has 5 heteroatoms. The summed E-state index contributed by atoms with van der Waals surface area (Å²) in [5, 5.41) is 18.1. The van der Waals surface area contributed by atoms with Crippen LogP contribution in [0.15, 0.2) is 0 Å². The molecule has 4 rings (SSSR count). The third kappa shape index (κ3) is 13.9. The van der Waals surface area contributed by atoms with Crippen LogP contribution in [0.3, 0.4) is 0 Å². The first-order valence-corrected chi connectivity index (χ1v) is 17.5. The first kappa shape index (κ1) is 38.6. The summed E-state index contributed by atoms with van der Waals surface area (Å²) < 4.78 is 4.94. The summed E-state index contributed by atoms with van der Waals surface area (Å²) in [7, 11) is 0. The number of nitriles is 1. The van der Waals surface area contributed by atoms with E-state index in [0.29, 0.717) is 53.3 Å². The largest absolute Gasteiger partial charge is 0.481 e. The summed E-state index contributed by atoms with van der Waals surface area (Å²) in [4.78, 5) is 21.8. The van der Waals surface area contributed by atoms with Crippen molar-refractivity contribution in [3.8, 4) is 6.07 Å². The fourth-order valence-corrected chi connectivity index (χ4v) is 7.78. The third-order valence-corrected chi connectivity index (χ3v) is 10.6. The van der Waals surface area contributed by atoms with E-state index < -0.39 is 5.97 Å². The van der Waals surface area contributed by atoms with E-state index in [1.807, 2.05) is 0 Å². The van der Waals surface area contributed by atoms with Crippen molar-refractivity contribution in [3.05, 3.63) is 0 Å². The van der Waals surface area contributed by atoms with Crippen molar-refractivity contribution < 1.29 is 19.4 Å². The Bertz CT molecular complexity index is 776. The highest BCUT2D eigenvalue weighted by Crippen LogP contribution is 2.39. The van der Waals surface area contributed by atoms with Crippen molar-refractivity contribution in [2.45, 2.75) is 133 Å². The zero-order valence-electron chi connectivity index (χ0n) is 28.8. The number of nitrogens with zero attached hydrogens (tertiary/aromatic N) is 1. The number of aliphatic carboxylic acids is 1. The molecule has 1 heterocycles. The van der Waals surface area contributed by atoms with Crippen LogP contribution in [0.5, 0.6) is 0 Å². The van der Waals surface area contributed by atoms with Crippen LogP contribution in [-0.4, -0.2) is 30.6 Å². The van der Waals surface area contributed by atoms with Crippen LogP contribution in [0, 0.1) is 82.3 Å². The predicted octanol–water partition coefficient (Wildman–Crippen LogP) is 9.69. The van der Waals surface area contributed by atoms with Crippen molar-refractivity contribution in [3.63, 3.8) is 0 Å². The van der Waals surface area contributed by atoms with Gasteiger partial charge in [0.2, 0.25) is 0 Å². The second-order valence-corrected chi connectivity index (χ2v) is 15.3. The SMILES string of the molecule is C1CCOC1.CC(C)[C@@H]1CC[C@@H](C)C[C@@H]1C#N.CC(C)[C@@H]1CC[C@@H](C)C[C@@H]1C(=O)O.CC(C)[C@@H]1CC[C@@H](C)C[C@@H]1C=O. The number of hydrogen-bond acceptors (Lipinski definition) is 4. The molecule has 0 bridgehead atoms. The number of rotatable bonds is 5. The fraction of sp³-hybridized carbons (Fsp3) is 0.919. The number of aldehydes is 1. The second kappa shape index (κ2) is 20.5. The summed E-state index contributed by atoms with van der Waals surface area (Å²) in [6.07, 6.45) is 14.3. The number of ether oxygens (including phenoxy) is 1. The van der Waals surface area contributed by atoms with Gasteiger partial charge in [0.15, 0.2) is 0 Å². The molecule has 0 unspecified atom stereocenters. The lowest BCUT2D eigenvalue weighted by Gasteiger charge is -2.34. The van der Waals surface area contributed by atoms with Crippen molar-refractivity contribution in [1.29, 1.82) is 5.26 Å². The molecule has 0 aromatic carbocycles. The smallest absolute Gasteiger partial charge is 0.306 e. The molecule has 0 aromatic heterocycles. The molecule has 42 heavy (non-hydrogen) atoms. The van der Waals surface area contributed by atoms with E-state index >= 15 is 0 Å². The van der Waals surface area contributed by atoms with E-state index in [9.17, 15) is 9.59 Å². The van der Waals surface area contributed by atoms with Gasteiger partial charge in [-0.15, -0.1) is 0 Å². The first-order chi connectivity index (χ1) is 19.8. The van der Waals surface area contributed by atoms with E-state index in [2.05, 4.69) is 68.4 Å². The molecule has 4 aliphatic rings. The molecule has 3 aliphatic carbocycles. The molecule has 1 aliphatic heterocycles. The van der Waals surface area contributed by atoms with E-state index in [4.69, 9.17) is 15.1 Å². The van der Waals surface area contributed by atoms with Gasteiger partial charge in [-0.3, -0.25) is 4.79 Å². The average Bonchev–Trinajstić information content (AvgIpc) is 3.53. The lowest BCUT2D eigenvalue weighted by Crippen LogP contribution is -2.33. The molecule has 0 radical (unpaired) electrons. The van der Waals surface area contributed by atoms with Gasteiger partial charge in [0.1, 0.15) is 6.29 Å². The van der Waals surface area contributed by atoms with Crippen LogP contribution in [0.25, 0.3) is 0 Å². The van der Waals surface area contributed by atoms with Gasteiger partial charge in [-0.05, 0) is 105 Å². The van der Waals surface area contributed by atoms with Crippen LogP contribution >= 0.6 is 0 Å². The second-order valence-electron chi connectivity index (χ2n) is 15.3. The summed E-state index contributed by atoms with van der Waals surface area (Å²) in [5.74, 6) is 5.68. The normalized spacial score (nSPS) is 34.6. The Kier molecular flexibility index (Phi) is 18.9. The van der Waals surface area contributed by atoms with Crippen LogP contribution < -0.4 is 0 Å². The Morgan fingerprint density at radius 3 is 1.60 bits per heavy atom. The Labute approximate surface area is 259 Å². The molecule has 244 valence electrons. The maximum Gasteiger partial charge on any atom is 0.306 e. The highest BCUT2D eigenvalue weighted by molar-refractivity contribution is 5.70. The number of carbonyl (C=O) groups is 2. The number of carboxylic acid groups (broad SMARTS) is 1. The quantitative estimate of drug-likeness (QED) is 0.323. The number of hydrogen-bond donors (Lipinski definition) is 1. The lowest BCUT2D eigenvalue weighted by atomic mass is 9.70. The van der Waals surface area contributed by atoms with E-state index in [1.165, 1.54) is 51.2 Å². The van der Waals surface area contributed by atoms with Crippen LogP contribution in [-0.2, 0) is 14.3 Å². The standard InChI is InChI=1S/C11H19N.C11H20O2.C11H20O.C4H8O/c1-8(2)11-5-4-9(3)6-10(11)7-12;1-7(2)9-5-4-8(3)6-10(9)11(12)13;1-8(2)11-5-4-9(3)6-10(11)7-12;1-2-4-5-3-1/h8-11H,4-6H2,1-3H3;7-10H,4-6H2,1-3H3,(H,12,13);7-11H,4-6H2,1-3H3;1-4H2/t9-,10-,11+;8-,9+,10+;9-,10-,11+;/m111./s1. The van der Waals surface area contributed by atoms with Gasteiger partial charge >= 0.3 is 5.97 Å². The molecule has 4 fully saturated rings. The first-order valence-electron chi connectivity index (χ1n) is 17.5. The average molecular weight is 590 g/mol. The van der Waals surface area contributed by atoms with Crippen molar-refractivity contribution in [2.24, 2.45) is 71.0 Å². The van der Waals surface area contributed by atoms with Gasteiger partial charge in [0, 0.05) is 25.0 Å². The lowest BCUT2D eigenvalue weighted by molar-refractivity contribution is -0.146. The zero-order valence-corrected chi connectivity index (χ0v) is 28.8. The third-order valence-electron chi connectivity index (χ3n) is 10.6. The molecule has 0 amide bonds. The van der Waals surface area contributed by atoms with Crippen LogP contribution in [0.2, 0.25) is 0 Å². The molecule has 1 N–H and O–H groups in total. The van der Waals surface area contributed by atoms with Crippen LogP contribution in [0.1, 0.15) is 133 Å². The highest BCUT2D eigenvalue weighted by atomic mass is 16.5. The summed E-state index contributed by atoms with van der Waals surface area (Å²) in [5.41, 5.74) is 0. The maximum atomic E-state index is 11.0. The van der Waals surface area contributed by atoms with E-state index in [-0.39, 0.29) is 5.92 Å². The Hall–Kier alpha value is -1.41. The van der Waals surface area contributed by atoms with Gasteiger partial charge in [0.05, 0.1) is 12.0 Å². The minimum absolute atomic E-state index is 0.0938. The highest BCUT2D eigenvalue weighted by Gasteiger charge is 2.35. The van der Waals surface area contributed by atoms with Crippen LogP contribution in [0.4, 0.5) is 0 Å². The van der Waals surface area contributed by atoms with Gasteiger partial charge in [0.25, 0.3) is 0 Å². The number of carbonyl (C=O) groups excluding carboxylic acids is 1. The minimum atomic E-state index is -0.592. The molecule has 0 aromatic rings. The van der Waals surface area contributed by atoms with Gasteiger partial charge in [-0.1, -0.05) is 81.6 Å². The molecule has 3 saturated carbocycles. The van der Waals surface area contributed by atoms with E-state index in [1.54, 1.807) is 0 Å². The Morgan fingerprint density at radius 1 is 0.738 bits per heavy atom. The Morgan fingerprint density at radius 2 is 1.19 bits per heavy atom. The molecular weight excluding hydrogens is 522 g/mol. The topological polar surface area (TPSA) is 87.4 Å².